The Morgan fingerprint density at radius 3 is 1.75 bits per heavy atom. The van der Waals surface area contributed by atoms with Crippen molar-refractivity contribution in [1.82, 2.24) is 5.32 Å². The van der Waals surface area contributed by atoms with Gasteiger partial charge in [0, 0.05) is 5.92 Å². The molecule has 1 aliphatic heterocycles. The van der Waals surface area contributed by atoms with Crippen LogP contribution in [-0.2, 0) is 28.6 Å². The summed E-state index contributed by atoms with van der Waals surface area (Å²) in [5.41, 5.74) is -2.99. The van der Waals surface area contributed by atoms with E-state index in [2.05, 4.69) is 5.32 Å². The second-order valence-corrected chi connectivity index (χ2v) is 10.9. The molecule has 194 valence electrons. The number of carbonyl (C=O) groups excluding carboxylic acids is 3. The Morgan fingerprint density at radius 1 is 0.806 bits per heavy atom. The number of ether oxygens (including phenoxy) is 3. The monoisotopic (exact) mass is 499 g/mol. The summed E-state index contributed by atoms with van der Waals surface area (Å²) in [7, 11) is 1.24. The van der Waals surface area contributed by atoms with E-state index in [1.165, 1.54) is 31.4 Å². The van der Waals surface area contributed by atoms with Crippen LogP contribution >= 0.6 is 0 Å². The molecule has 0 unspecified atom stereocenters. The Hall–Kier alpha value is -3.26. The Kier molecular flexibility index (Phi) is 7.60. The topological polar surface area (TPSA) is 90.9 Å². The highest BCUT2D eigenvalue weighted by atomic mass is 19.1. The minimum Gasteiger partial charge on any atom is -0.468 e. The van der Waals surface area contributed by atoms with Crippen LogP contribution in [0.3, 0.4) is 0 Å². The first kappa shape index (κ1) is 27.3. The van der Waals surface area contributed by atoms with Gasteiger partial charge in [0.05, 0.1) is 13.2 Å². The Labute approximate surface area is 211 Å². The standard InChI is InChI=1S/C28H34FNO6/c1-26(2,3)35-24(32)28(25(33)36-27(4,5)6)20(17-11-9-8-10-12-17)21(23(31)34-7)30-22(28)18-13-15-19(29)16-14-18/h8-16,20-22,30H,1-7H3/t20-,21+,22+/m1/s1. The van der Waals surface area contributed by atoms with Crippen molar-refractivity contribution in [3.05, 3.63) is 71.5 Å². The van der Waals surface area contributed by atoms with Crippen molar-refractivity contribution in [3.63, 3.8) is 0 Å². The zero-order chi connectivity index (χ0) is 26.9. The number of rotatable bonds is 5. The number of benzene rings is 2. The maximum atomic E-state index is 14.2. The molecule has 1 aliphatic rings. The molecule has 0 spiro atoms. The predicted molar refractivity (Wildman–Crippen MR) is 131 cm³/mol. The second kappa shape index (κ2) is 10.0. The number of esters is 3. The fourth-order valence-corrected chi connectivity index (χ4v) is 4.61. The first-order valence-corrected chi connectivity index (χ1v) is 11.8. The molecule has 2 aromatic carbocycles. The molecular formula is C28H34FNO6. The summed E-state index contributed by atoms with van der Waals surface area (Å²) in [4.78, 5) is 41.5. The molecule has 36 heavy (non-hydrogen) atoms. The SMILES string of the molecule is COC(=O)[C@H]1N[C@@H](c2ccc(F)cc2)C(C(=O)OC(C)(C)C)(C(=O)OC(C)(C)C)[C@@H]1c1ccccc1. The Bertz CT molecular complexity index is 1070. The third-order valence-electron chi connectivity index (χ3n) is 5.92. The van der Waals surface area contributed by atoms with Crippen LogP contribution in [0.15, 0.2) is 54.6 Å². The maximum absolute atomic E-state index is 14.2. The molecule has 1 N–H and O–H groups in total. The van der Waals surface area contributed by atoms with Crippen molar-refractivity contribution >= 4 is 17.9 Å². The number of methoxy groups -OCH3 is 1. The van der Waals surface area contributed by atoms with E-state index in [0.717, 1.165) is 0 Å². The first-order chi connectivity index (χ1) is 16.7. The third-order valence-corrected chi connectivity index (χ3v) is 5.92. The Balaban J connectivity index is 2.39. The van der Waals surface area contributed by atoms with Crippen LogP contribution in [-0.4, -0.2) is 42.3 Å². The summed E-state index contributed by atoms with van der Waals surface area (Å²) in [6.07, 6.45) is 0. The highest BCUT2D eigenvalue weighted by Crippen LogP contribution is 2.55. The van der Waals surface area contributed by atoms with Crippen molar-refractivity contribution in [2.24, 2.45) is 5.41 Å². The maximum Gasteiger partial charge on any atom is 0.326 e. The van der Waals surface area contributed by atoms with E-state index in [9.17, 15) is 18.8 Å². The fraction of sp³-hybridized carbons (Fsp3) is 0.464. The number of carbonyl (C=O) groups is 3. The highest BCUT2D eigenvalue weighted by molar-refractivity contribution is 6.05. The van der Waals surface area contributed by atoms with E-state index in [1.807, 2.05) is 0 Å². The average Bonchev–Trinajstić information content (AvgIpc) is 3.14. The molecule has 1 heterocycles. The van der Waals surface area contributed by atoms with E-state index in [1.54, 1.807) is 71.9 Å². The third kappa shape index (κ3) is 5.43. The minimum absolute atomic E-state index is 0.417. The molecule has 3 rings (SSSR count). The molecule has 0 amide bonds. The molecule has 3 atom stereocenters. The summed E-state index contributed by atoms with van der Waals surface area (Å²) >= 11 is 0. The summed E-state index contributed by atoms with van der Waals surface area (Å²) in [5.74, 6) is -3.91. The van der Waals surface area contributed by atoms with Gasteiger partial charge in [-0.25, -0.2) is 4.39 Å². The lowest BCUT2D eigenvalue weighted by Crippen LogP contribution is -2.52. The predicted octanol–water partition coefficient (Wildman–Crippen LogP) is 4.47. The lowest BCUT2D eigenvalue weighted by Gasteiger charge is -2.39. The van der Waals surface area contributed by atoms with E-state index in [4.69, 9.17) is 14.2 Å². The van der Waals surface area contributed by atoms with E-state index < -0.39 is 58.3 Å². The van der Waals surface area contributed by atoms with Gasteiger partial charge in [-0.05, 0) is 64.8 Å². The normalized spacial score (nSPS) is 21.5. The molecule has 1 fully saturated rings. The van der Waals surface area contributed by atoms with Gasteiger partial charge in [0.1, 0.15) is 23.1 Å². The van der Waals surface area contributed by atoms with Gasteiger partial charge in [-0.1, -0.05) is 42.5 Å². The summed E-state index contributed by atoms with van der Waals surface area (Å²) in [5, 5.41) is 3.15. The second-order valence-electron chi connectivity index (χ2n) is 10.9. The van der Waals surface area contributed by atoms with Crippen molar-refractivity contribution in [2.75, 3.05) is 7.11 Å². The molecule has 0 aliphatic carbocycles. The number of halogens is 1. The quantitative estimate of drug-likeness (QED) is 0.369. The molecular weight excluding hydrogens is 465 g/mol. The molecule has 8 heteroatoms. The number of hydrogen-bond acceptors (Lipinski definition) is 7. The number of nitrogens with one attached hydrogen (secondary N) is 1. The van der Waals surface area contributed by atoms with Gasteiger partial charge in [0.2, 0.25) is 0 Å². The van der Waals surface area contributed by atoms with Crippen molar-refractivity contribution in [2.45, 2.75) is 70.7 Å². The highest BCUT2D eigenvalue weighted by Gasteiger charge is 2.69. The van der Waals surface area contributed by atoms with E-state index in [-0.39, 0.29) is 0 Å². The van der Waals surface area contributed by atoms with Gasteiger partial charge < -0.3 is 14.2 Å². The lowest BCUT2D eigenvalue weighted by atomic mass is 9.66. The van der Waals surface area contributed by atoms with Gasteiger partial charge in [0.15, 0.2) is 5.41 Å². The van der Waals surface area contributed by atoms with Crippen molar-refractivity contribution < 1.29 is 33.0 Å². The van der Waals surface area contributed by atoms with Gasteiger partial charge in [-0.3, -0.25) is 19.7 Å². The zero-order valence-corrected chi connectivity index (χ0v) is 21.8. The minimum atomic E-state index is -2.04. The van der Waals surface area contributed by atoms with Gasteiger partial charge in [0.25, 0.3) is 0 Å². The molecule has 2 aromatic rings. The van der Waals surface area contributed by atoms with Crippen LogP contribution in [0.25, 0.3) is 0 Å². The van der Waals surface area contributed by atoms with Gasteiger partial charge >= 0.3 is 17.9 Å². The summed E-state index contributed by atoms with van der Waals surface area (Å²) in [6.45, 7) is 10.2. The largest absolute Gasteiger partial charge is 0.468 e. The van der Waals surface area contributed by atoms with Crippen LogP contribution in [0.5, 0.6) is 0 Å². The van der Waals surface area contributed by atoms with Crippen LogP contribution in [0.1, 0.15) is 64.6 Å². The first-order valence-electron chi connectivity index (χ1n) is 11.8. The van der Waals surface area contributed by atoms with Crippen molar-refractivity contribution in [3.8, 4) is 0 Å². The fourth-order valence-electron chi connectivity index (χ4n) is 4.61. The van der Waals surface area contributed by atoms with E-state index in [0.29, 0.717) is 11.1 Å². The van der Waals surface area contributed by atoms with Crippen molar-refractivity contribution in [1.29, 1.82) is 0 Å². The molecule has 0 bridgehead atoms. The zero-order valence-electron chi connectivity index (χ0n) is 21.8. The van der Waals surface area contributed by atoms with Crippen LogP contribution in [0.2, 0.25) is 0 Å². The lowest BCUT2D eigenvalue weighted by molar-refractivity contribution is -0.188. The Morgan fingerprint density at radius 2 is 1.31 bits per heavy atom. The van der Waals surface area contributed by atoms with Gasteiger partial charge in [-0.2, -0.15) is 0 Å². The van der Waals surface area contributed by atoms with E-state index >= 15 is 0 Å². The molecule has 0 radical (unpaired) electrons. The summed E-state index contributed by atoms with van der Waals surface area (Å²) in [6, 6.07) is 12.0. The number of hydrogen-bond donors (Lipinski definition) is 1. The van der Waals surface area contributed by atoms with Crippen LogP contribution in [0.4, 0.5) is 4.39 Å². The van der Waals surface area contributed by atoms with Crippen LogP contribution < -0.4 is 5.32 Å². The van der Waals surface area contributed by atoms with Gasteiger partial charge in [-0.15, -0.1) is 0 Å². The smallest absolute Gasteiger partial charge is 0.326 e. The molecule has 7 nitrogen and oxygen atoms in total. The van der Waals surface area contributed by atoms with Crippen LogP contribution in [0, 0.1) is 11.2 Å². The average molecular weight is 500 g/mol. The molecule has 0 aromatic heterocycles. The molecule has 1 saturated heterocycles. The summed E-state index contributed by atoms with van der Waals surface area (Å²) < 4.78 is 30.6. The molecule has 0 saturated carbocycles.